The summed E-state index contributed by atoms with van der Waals surface area (Å²) in [6.45, 7) is 0. The van der Waals surface area contributed by atoms with Gasteiger partial charge in [-0.05, 0) is 11.6 Å². The molecule has 2 unspecified atom stereocenters. The number of nitrogens with one attached hydrogen (secondary N) is 1. The van der Waals surface area contributed by atoms with Crippen LogP contribution in [0.5, 0.6) is 0 Å². The van der Waals surface area contributed by atoms with Gasteiger partial charge in [0, 0.05) is 17.5 Å². The molecule has 7 N–H and O–H groups in total. The van der Waals surface area contributed by atoms with Crippen molar-refractivity contribution in [2.45, 2.75) is 29.4 Å². The van der Waals surface area contributed by atoms with Gasteiger partial charge in [0.05, 0.1) is 0 Å². The van der Waals surface area contributed by atoms with E-state index in [0.29, 0.717) is 5.56 Å². The fraction of sp³-hybridized carbons (Fsp3) is 0.357. The van der Waals surface area contributed by atoms with Crippen LogP contribution in [-0.4, -0.2) is 70.6 Å². The third-order valence-corrected chi connectivity index (χ3v) is 4.95. The molecule has 2 aliphatic heterocycles. The summed E-state index contributed by atoms with van der Waals surface area (Å²) in [6, 6.07) is 4.34. The first-order valence-corrected chi connectivity index (χ1v) is 7.08. The van der Waals surface area contributed by atoms with E-state index in [-0.39, 0.29) is 22.4 Å². The number of benzene rings is 1. The molecule has 0 radical (unpaired) electrons. The van der Waals surface area contributed by atoms with Gasteiger partial charge in [-0.2, -0.15) is 0 Å². The molecule has 1 aromatic carbocycles. The fourth-order valence-corrected chi connectivity index (χ4v) is 3.63. The minimum Gasteiger partial charge on any atom is -0.366 e. The summed E-state index contributed by atoms with van der Waals surface area (Å²) >= 11 is 0. The minimum absolute atomic E-state index is 0.0423. The van der Waals surface area contributed by atoms with Crippen molar-refractivity contribution in [2.24, 2.45) is 0 Å². The van der Waals surface area contributed by atoms with Crippen LogP contribution in [-0.2, 0) is 21.7 Å². The first-order valence-electron chi connectivity index (χ1n) is 7.08. The predicted molar refractivity (Wildman–Crippen MR) is 72.6 cm³/mol. The van der Waals surface area contributed by atoms with E-state index in [2.05, 4.69) is 0 Å². The van der Waals surface area contributed by atoms with Gasteiger partial charge in [-0.3, -0.25) is 24.6 Å². The molecule has 2 atom stereocenters. The molecule has 0 aromatic heterocycles. The maximum Gasteiger partial charge on any atom is 0.306 e. The fourth-order valence-electron chi connectivity index (χ4n) is 3.63. The van der Waals surface area contributed by atoms with Crippen LogP contribution in [0.4, 0.5) is 0 Å². The number of rotatable bonds is 1. The lowest BCUT2D eigenvalue weighted by atomic mass is 9.77. The topological polar surface area (TPSA) is 188 Å². The monoisotopic (exact) mass is 352 g/mol. The maximum absolute atomic E-state index is 12.6. The Morgan fingerprint density at radius 1 is 0.960 bits per heavy atom. The molecule has 25 heavy (non-hydrogen) atoms. The molecule has 11 heteroatoms. The number of hydrogen-bond donors (Lipinski definition) is 7. The Balaban J connectivity index is 1.94. The molecule has 11 nitrogen and oxygen atoms in total. The highest BCUT2D eigenvalue weighted by molar-refractivity contribution is 6.10. The molecular formula is C14H12N2O9. The summed E-state index contributed by atoms with van der Waals surface area (Å²) in [5, 5.41) is 62.3. The van der Waals surface area contributed by atoms with Crippen LogP contribution in [0.1, 0.15) is 21.5 Å². The highest BCUT2D eigenvalue weighted by atomic mass is 16.6. The molecule has 1 fully saturated rings. The molecule has 1 aliphatic carbocycles. The second kappa shape index (κ2) is 4.04. The normalized spacial score (nSPS) is 34.5. The van der Waals surface area contributed by atoms with Crippen LogP contribution in [0, 0.1) is 0 Å². The highest BCUT2D eigenvalue weighted by Crippen LogP contribution is 2.54. The molecule has 4 rings (SSSR count). The second-order valence-electron chi connectivity index (χ2n) is 6.27. The summed E-state index contributed by atoms with van der Waals surface area (Å²) in [6.07, 6.45) is -0.259. The van der Waals surface area contributed by atoms with Crippen molar-refractivity contribution in [1.29, 1.82) is 0 Å². The summed E-state index contributed by atoms with van der Waals surface area (Å²) in [4.78, 5) is 36.4. The molecule has 3 amide bonds. The van der Waals surface area contributed by atoms with Crippen molar-refractivity contribution in [3.8, 4) is 0 Å². The quantitative estimate of drug-likeness (QED) is 0.193. The van der Waals surface area contributed by atoms with Gasteiger partial charge in [0.15, 0.2) is 5.72 Å². The zero-order chi connectivity index (χ0) is 18.6. The SMILES string of the molecule is O=C1c2cccc3c2C(O)(C3)N1C1(O)C(=O)NC(=O)C(O)(O)C1(O)O. The Morgan fingerprint density at radius 2 is 1.60 bits per heavy atom. The van der Waals surface area contributed by atoms with Gasteiger partial charge in [0.1, 0.15) is 0 Å². The van der Waals surface area contributed by atoms with Crippen LogP contribution in [0.2, 0.25) is 0 Å². The summed E-state index contributed by atoms with van der Waals surface area (Å²) in [5.41, 5.74) is -5.60. The van der Waals surface area contributed by atoms with Gasteiger partial charge < -0.3 is 30.6 Å². The molecule has 1 saturated heterocycles. The number of piperidine rings is 1. The third kappa shape index (κ3) is 1.41. The summed E-state index contributed by atoms with van der Waals surface area (Å²) in [7, 11) is 0. The standard InChI is InChI=1S/C14H12N2O9/c17-8-6-3-1-2-5-4-11(20,7(5)6)16(8)12(21)9(18)15-10(19)13(22,23)14(12,24)25/h1-3,20-25H,4H2,(H,15,18,19). The van der Waals surface area contributed by atoms with Crippen molar-refractivity contribution in [3.05, 3.63) is 34.9 Å². The minimum atomic E-state index is -4.23. The molecular weight excluding hydrogens is 340 g/mol. The zero-order valence-electron chi connectivity index (χ0n) is 12.3. The van der Waals surface area contributed by atoms with Crippen molar-refractivity contribution in [3.63, 3.8) is 0 Å². The van der Waals surface area contributed by atoms with E-state index in [1.807, 2.05) is 0 Å². The highest BCUT2D eigenvalue weighted by Gasteiger charge is 2.79. The number of carbonyl (C=O) groups excluding carboxylic acids is 3. The third-order valence-electron chi connectivity index (χ3n) is 4.95. The number of amides is 3. The maximum atomic E-state index is 12.6. The first kappa shape index (κ1) is 16.1. The Morgan fingerprint density at radius 3 is 2.20 bits per heavy atom. The smallest absolute Gasteiger partial charge is 0.306 e. The van der Waals surface area contributed by atoms with Gasteiger partial charge in [-0.25, -0.2) is 0 Å². The molecule has 0 bridgehead atoms. The van der Waals surface area contributed by atoms with Crippen molar-refractivity contribution >= 4 is 17.7 Å². The van der Waals surface area contributed by atoms with E-state index >= 15 is 0 Å². The molecule has 2 heterocycles. The lowest BCUT2D eigenvalue weighted by Crippen LogP contribution is -2.87. The van der Waals surface area contributed by atoms with E-state index < -0.39 is 40.7 Å². The van der Waals surface area contributed by atoms with Crippen LogP contribution >= 0.6 is 0 Å². The molecule has 0 saturated carbocycles. The number of aliphatic hydroxyl groups is 6. The lowest BCUT2D eigenvalue weighted by Gasteiger charge is -2.54. The molecule has 1 aromatic rings. The van der Waals surface area contributed by atoms with Gasteiger partial charge in [0.2, 0.25) is 0 Å². The molecule has 0 spiro atoms. The van der Waals surface area contributed by atoms with E-state index in [9.17, 15) is 45.0 Å². The van der Waals surface area contributed by atoms with E-state index in [4.69, 9.17) is 0 Å². The number of imide groups is 1. The Kier molecular flexibility index (Phi) is 2.60. The zero-order valence-corrected chi connectivity index (χ0v) is 12.3. The van der Waals surface area contributed by atoms with Crippen molar-refractivity contribution < 1.29 is 45.0 Å². The Bertz CT molecular complexity index is 879. The predicted octanol–water partition coefficient (Wildman–Crippen LogP) is -4.45. The summed E-state index contributed by atoms with van der Waals surface area (Å²) in [5.74, 6) is -13.2. The Labute approximate surface area is 138 Å². The average molecular weight is 352 g/mol. The van der Waals surface area contributed by atoms with Crippen LogP contribution in [0.25, 0.3) is 0 Å². The Hall–Kier alpha value is -2.41. The molecule has 132 valence electrons. The van der Waals surface area contributed by atoms with Crippen LogP contribution in [0.15, 0.2) is 18.2 Å². The summed E-state index contributed by atoms with van der Waals surface area (Å²) < 4.78 is 0. The largest absolute Gasteiger partial charge is 0.366 e. The average Bonchev–Trinajstić information content (AvgIpc) is 2.71. The van der Waals surface area contributed by atoms with Gasteiger partial charge in [0.25, 0.3) is 29.2 Å². The molecule has 3 aliphatic rings. The lowest BCUT2D eigenvalue weighted by molar-refractivity contribution is -0.420. The second-order valence-corrected chi connectivity index (χ2v) is 6.27. The van der Waals surface area contributed by atoms with Crippen molar-refractivity contribution in [2.75, 3.05) is 0 Å². The van der Waals surface area contributed by atoms with Crippen LogP contribution < -0.4 is 5.32 Å². The van der Waals surface area contributed by atoms with E-state index in [1.165, 1.54) is 17.4 Å². The van der Waals surface area contributed by atoms with Gasteiger partial charge >= 0.3 is 5.79 Å². The van der Waals surface area contributed by atoms with E-state index in [1.54, 1.807) is 6.07 Å². The number of hydrogen-bond acceptors (Lipinski definition) is 9. The van der Waals surface area contributed by atoms with Gasteiger partial charge in [-0.15, -0.1) is 0 Å². The number of carbonyl (C=O) groups is 3. The number of nitrogens with zero attached hydrogens (tertiary/aromatic N) is 1. The van der Waals surface area contributed by atoms with E-state index in [0.717, 1.165) is 0 Å². The van der Waals surface area contributed by atoms with Crippen molar-refractivity contribution in [1.82, 2.24) is 10.2 Å². The van der Waals surface area contributed by atoms with Gasteiger partial charge in [-0.1, -0.05) is 12.1 Å². The van der Waals surface area contributed by atoms with Crippen LogP contribution in [0.3, 0.4) is 0 Å². The first-order chi connectivity index (χ1) is 11.4.